The molecule has 0 fully saturated rings. The first-order valence-corrected chi connectivity index (χ1v) is 10.1. The average Bonchev–Trinajstić information content (AvgIpc) is 2.85. The summed E-state index contributed by atoms with van der Waals surface area (Å²) >= 11 is 0. The van der Waals surface area contributed by atoms with Crippen molar-refractivity contribution in [2.24, 2.45) is 5.73 Å². The number of rotatable bonds is 9. The molecule has 3 aromatic carbocycles. The van der Waals surface area contributed by atoms with Gasteiger partial charge in [0.05, 0.1) is 18.2 Å². The second-order valence-corrected chi connectivity index (χ2v) is 7.18. The van der Waals surface area contributed by atoms with E-state index in [0.29, 0.717) is 35.4 Å². The van der Waals surface area contributed by atoms with E-state index in [-0.39, 0.29) is 24.4 Å². The molecular formula is C25H23N5O3. The van der Waals surface area contributed by atoms with E-state index in [0.717, 1.165) is 11.1 Å². The van der Waals surface area contributed by atoms with Gasteiger partial charge in [-0.2, -0.15) is 5.26 Å². The van der Waals surface area contributed by atoms with Gasteiger partial charge in [0.2, 0.25) is 0 Å². The van der Waals surface area contributed by atoms with Crippen LogP contribution in [0.1, 0.15) is 43.0 Å². The highest BCUT2D eigenvalue weighted by Crippen LogP contribution is 2.08. The van der Waals surface area contributed by atoms with Crippen LogP contribution >= 0.6 is 0 Å². The number of nitrogens with one attached hydrogen (secondary N) is 3. The van der Waals surface area contributed by atoms with E-state index in [1.54, 1.807) is 48.5 Å². The predicted octanol–water partition coefficient (Wildman–Crippen LogP) is 2.68. The maximum Gasteiger partial charge on any atom is 0.253 e. The molecule has 3 aromatic rings. The van der Waals surface area contributed by atoms with Gasteiger partial charge in [0.25, 0.3) is 11.8 Å². The Morgan fingerprint density at radius 1 is 0.818 bits per heavy atom. The van der Waals surface area contributed by atoms with Crippen molar-refractivity contribution in [3.8, 4) is 6.07 Å². The van der Waals surface area contributed by atoms with Crippen molar-refractivity contribution in [3.63, 3.8) is 0 Å². The Morgan fingerprint density at radius 2 is 1.33 bits per heavy atom. The molecule has 5 N–H and O–H groups in total. The fourth-order valence-electron chi connectivity index (χ4n) is 2.92. The van der Waals surface area contributed by atoms with Crippen molar-refractivity contribution in [2.75, 3.05) is 6.73 Å². The van der Waals surface area contributed by atoms with Gasteiger partial charge in [0.15, 0.2) is 0 Å². The molecule has 0 aliphatic heterocycles. The standard InChI is InChI=1S/C25H23N5O3/c26-13-17-5-7-21(8-6-17)24(31)29-14-18-1-3-19(4-2-18)15-33-16-30-25(32)22-11-9-20(10-12-22)23(27)28/h1-12H,14-16H2,(H3,27,28)(H,29,31)(H,30,32). The molecule has 2 amide bonds. The van der Waals surface area contributed by atoms with Gasteiger partial charge in [-0.15, -0.1) is 0 Å². The van der Waals surface area contributed by atoms with Crippen molar-refractivity contribution < 1.29 is 14.3 Å². The molecule has 0 saturated carbocycles. The Hall–Kier alpha value is -4.48. The van der Waals surface area contributed by atoms with Crippen LogP contribution in [-0.2, 0) is 17.9 Å². The summed E-state index contributed by atoms with van der Waals surface area (Å²) in [4.78, 5) is 24.3. The second kappa shape index (κ2) is 11.2. The van der Waals surface area contributed by atoms with Gasteiger partial charge in [-0.1, -0.05) is 36.4 Å². The summed E-state index contributed by atoms with van der Waals surface area (Å²) < 4.78 is 5.51. The van der Waals surface area contributed by atoms with Gasteiger partial charge in [-0.3, -0.25) is 15.0 Å². The average molecular weight is 441 g/mol. The Labute approximate surface area is 191 Å². The lowest BCUT2D eigenvalue weighted by molar-refractivity contribution is 0.0751. The molecule has 8 heteroatoms. The summed E-state index contributed by atoms with van der Waals surface area (Å²) in [6, 6.07) is 22.5. The van der Waals surface area contributed by atoms with Crippen LogP contribution in [-0.4, -0.2) is 24.4 Å². The summed E-state index contributed by atoms with van der Waals surface area (Å²) in [5.74, 6) is -0.540. The number of amidine groups is 1. The van der Waals surface area contributed by atoms with Gasteiger partial charge >= 0.3 is 0 Å². The molecule has 0 bridgehead atoms. The minimum absolute atomic E-state index is 0.0509. The van der Waals surface area contributed by atoms with E-state index >= 15 is 0 Å². The zero-order valence-electron chi connectivity index (χ0n) is 17.8. The van der Waals surface area contributed by atoms with E-state index in [4.69, 9.17) is 21.1 Å². The zero-order valence-corrected chi connectivity index (χ0v) is 17.8. The number of nitrogen functional groups attached to an aromatic ring is 1. The molecule has 3 rings (SSSR count). The van der Waals surface area contributed by atoms with Crippen molar-refractivity contribution in [3.05, 3.63) is 106 Å². The molecule has 33 heavy (non-hydrogen) atoms. The lowest BCUT2D eigenvalue weighted by Crippen LogP contribution is -2.26. The monoisotopic (exact) mass is 441 g/mol. The van der Waals surface area contributed by atoms with Gasteiger partial charge < -0.3 is 21.1 Å². The van der Waals surface area contributed by atoms with Crippen LogP contribution in [0.2, 0.25) is 0 Å². The number of hydrogen-bond acceptors (Lipinski definition) is 5. The van der Waals surface area contributed by atoms with Gasteiger partial charge in [-0.25, -0.2) is 0 Å². The maximum atomic E-state index is 12.2. The summed E-state index contributed by atoms with van der Waals surface area (Å²) in [5, 5.41) is 21.7. The van der Waals surface area contributed by atoms with Crippen LogP contribution in [0.4, 0.5) is 0 Å². The van der Waals surface area contributed by atoms with E-state index in [2.05, 4.69) is 10.6 Å². The first-order valence-electron chi connectivity index (χ1n) is 10.1. The summed E-state index contributed by atoms with van der Waals surface area (Å²) in [6.45, 7) is 0.746. The highest BCUT2D eigenvalue weighted by molar-refractivity contribution is 5.98. The molecule has 0 aliphatic rings. The molecule has 0 radical (unpaired) electrons. The molecule has 0 unspecified atom stereocenters. The van der Waals surface area contributed by atoms with E-state index < -0.39 is 0 Å². The molecule has 0 aromatic heterocycles. The van der Waals surface area contributed by atoms with Crippen molar-refractivity contribution in [2.45, 2.75) is 13.2 Å². The number of nitrogens with two attached hydrogens (primary N) is 1. The number of hydrogen-bond donors (Lipinski definition) is 4. The largest absolute Gasteiger partial charge is 0.384 e. The minimum atomic E-state index is -0.279. The third-order valence-electron chi connectivity index (χ3n) is 4.81. The van der Waals surface area contributed by atoms with Crippen LogP contribution in [0.3, 0.4) is 0 Å². The Bertz CT molecular complexity index is 1160. The number of nitriles is 1. The van der Waals surface area contributed by atoms with E-state index in [9.17, 15) is 9.59 Å². The molecular weight excluding hydrogens is 418 g/mol. The van der Waals surface area contributed by atoms with Crippen molar-refractivity contribution >= 4 is 17.6 Å². The van der Waals surface area contributed by atoms with Crippen LogP contribution in [0.25, 0.3) is 0 Å². The third-order valence-corrected chi connectivity index (χ3v) is 4.81. The molecule has 8 nitrogen and oxygen atoms in total. The maximum absolute atomic E-state index is 12.2. The molecule has 0 saturated heterocycles. The second-order valence-electron chi connectivity index (χ2n) is 7.18. The number of carbonyl (C=O) groups is 2. The molecule has 0 spiro atoms. The van der Waals surface area contributed by atoms with Crippen molar-refractivity contribution in [1.29, 1.82) is 10.7 Å². The van der Waals surface area contributed by atoms with E-state index in [1.165, 1.54) is 0 Å². The van der Waals surface area contributed by atoms with Crippen molar-refractivity contribution in [1.82, 2.24) is 10.6 Å². The zero-order chi connectivity index (χ0) is 23.6. The lowest BCUT2D eigenvalue weighted by Gasteiger charge is -2.09. The predicted molar refractivity (Wildman–Crippen MR) is 123 cm³/mol. The number of carbonyl (C=O) groups excluding carboxylic acids is 2. The Morgan fingerprint density at radius 3 is 1.91 bits per heavy atom. The smallest absolute Gasteiger partial charge is 0.253 e. The van der Waals surface area contributed by atoms with Crippen LogP contribution in [0.5, 0.6) is 0 Å². The summed E-state index contributed by atoms with van der Waals surface area (Å²) in [6.07, 6.45) is 0. The number of nitrogens with zero attached hydrogens (tertiary/aromatic N) is 1. The van der Waals surface area contributed by atoms with Crippen LogP contribution in [0, 0.1) is 16.7 Å². The highest BCUT2D eigenvalue weighted by Gasteiger charge is 2.07. The highest BCUT2D eigenvalue weighted by atomic mass is 16.5. The van der Waals surface area contributed by atoms with Crippen LogP contribution in [0.15, 0.2) is 72.8 Å². The van der Waals surface area contributed by atoms with Gasteiger partial charge in [0, 0.05) is 23.2 Å². The SMILES string of the molecule is N#Cc1ccc(C(=O)NCc2ccc(COCNC(=O)c3ccc(C(=N)N)cc3)cc2)cc1. The minimum Gasteiger partial charge on any atom is -0.384 e. The quantitative estimate of drug-likeness (QED) is 0.175. The first-order chi connectivity index (χ1) is 16.0. The third kappa shape index (κ3) is 6.75. The molecule has 0 atom stereocenters. The number of benzene rings is 3. The fourth-order valence-corrected chi connectivity index (χ4v) is 2.92. The number of ether oxygens (including phenoxy) is 1. The summed E-state index contributed by atoms with van der Waals surface area (Å²) in [5.41, 5.74) is 9.28. The first kappa shape index (κ1) is 23.2. The van der Waals surface area contributed by atoms with Gasteiger partial charge in [-0.05, 0) is 47.5 Å². The molecule has 0 aliphatic carbocycles. The molecule has 0 heterocycles. The Balaban J connectivity index is 1.39. The van der Waals surface area contributed by atoms with Gasteiger partial charge in [0.1, 0.15) is 12.6 Å². The van der Waals surface area contributed by atoms with Crippen LogP contribution < -0.4 is 16.4 Å². The lowest BCUT2D eigenvalue weighted by atomic mass is 10.1. The number of amides is 2. The Kier molecular flexibility index (Phi) is 7.89. The summed E-state index contributed by atoms with van der Waals surface area (Å²) in [7, 11) is 0. The molecule has 166 valence electrons. The fraction of sp³-hybridized carbons (Fsp3) is 0.120. The normalized spacial score (nSPS) is 10.2. The topological polar surface area (TPSA) is 141 Å². The van der Waals surface area contributed by atoms with E-state index in [1.807, 2.05) is 30.3 Å².